The number of amides is 1. The summed E-state index contributed by atoms with van der Waals surface area (Å²) in [6.07, 6.45) is 1.54. The van der Waals surface area contributed by atoms with Crippen molar-refractivity contribution in [2.45, 2.75) is 13.8 Å². The zero-order valence-electron chi connectivity index (χ0n) is 13.5. The number of pyridine rings is 1. The number of H-pyrrole nitrogens is 1. The summed E-state index contributed by atoms with van der Waals surface area (Å²) in [5, 5.41) is 0. The molecule has 2 heterocycles. The first kappa shape index (κ1) is 15.3. The molecular weight excluding hydrogens is 290 g/mol. The lowest BCUT2D eigenvalue weighted by Crippen LogP contribution is -2.49. The summed E-state index contributed by atoms with van der Waals surface area (Å²) in [5.41, 5.74) is 3.60. The second-order valence-corrected chi connectivity index (χ2v) is 5.98. The van der Waals surface area contributed by atoms with Gasteiger partial charge in [-0.25, -0.2) is 0 Å². The molecule has 1 saturated heterocycles. The number of aromatic amines is 1. The molecule has 5 heteroatoms. The monoisotopic (exact) mass is 311 g/mol. The highest BCUT2D eigenvalue weighted by atomic mass is 16.2. The molecular formula is C18H21N3O2. The van der Waals surface area contributed by atoms with Crippen LogP contribution in [-0.2, 0) is 0 Å². The fraction of sp³-hybridized carbons (Fsp3) is 0.333. The van der Waals surface area contributed by atoms with E-state index in [1.54, 1.807) is 17.0 Å². The van der Waals surface area contributed by atoms with Crippen LogP contribution >= 0.6 is 0 Å². The van der Waals surface area contributed by atoms with Crippen LogP contribution < -0.4 is 10.5 Å². The van der Waals surface area contributed by atoms with Crippen LogP contribution in [0.1, 0.15) is 21.5 Å². The van der Waals surface area contributed by atoms with Gasteiger partial charge in [-0.15, -0.1) is 0 Å². The number of rotatable bonds is 2. The van der Waals surface area contributed by atoms with E-state index in [9.17, 15) is 9.59 Å². The number of hydrogen-bond acceptors (Lipinski definition) is 3. The Bertz CT molecular complexity index is 774. The van der Waals surface area contributed by atoms with Gasteiger partial charge in [-0.1, -0.05) is 12.1 Å². The molecule has 23 heavy (non-hydrogen) atoms. The zero-order chi connectivity index (χ0) is 16.4. The van der Waals surface area contributed by atoms with Gasteiger partial charge < -0.3 is 14.8 Å². The third kappa shape index (κ3) is 3.13. The van der Waals surface area contributed by atoms with E-state index < -0.39 is 0 Å². The van der Waals surface area contributed by atoms with Crippen LogP contribution in [0.15, 0.2) is 41.3 Å². The van der Waals surface area contributed by atoms with Gasteiger partial charge in [0, 0.05) is 38.1 Å². The average Bonchev–Trinajstić information content (AvgIpc) is 2.57. The molecule has 2 aromatic rings. The number of hydrogen-bond donors (Lipinski definition) is 1. The smallest absolute Gasteiger partial charge is 0.260 e. The van der Waals surface area contributed by atoms with Crippen molar-refractivity contribution >= 4 is 11.6 Å². The molecule has 3 rings (SSSR count). The topological polar surface area (TPSA) is 56.4 Å². The Morgan fingerprint density at radius 2 is 1.83 bits per heavy atom. The van der Waals surface area contributed by atoms with Crippen molar-refractivity contribution in [1.82, 2.24) is 9.88 Å². The molecule has 1 amide bonds. The number of nitrogens with one attached hydrogen (secondary N) is 1. The standard InChI is InChI=1S/C18H21N3O2/c1-13-5-6-14(2)16(12-13)20-8-10-21(11-9-20)18(23)15-4-3-7-19-17(15)22/h3-7,12H,8-11H2,1-2H3,(H,19,22). The summed E-state index contributed by atoms with van der Waals surface area (Å²) in [6.45, 7) is 7.00. The Hall–Kier alpha value is -2.56. The maximum absolute atomic E-state index is 12.5. The molecule has 0 spiro atoms. The quantitative estimate of drug-likeness (QED) is 0.922. The van der Waals surface area contributed by atoms with Gasteiger partial charge >= 0.3 is 0 Å². The van der Waals surface area contributed by atoms with E-state index in [2.05, 4.69) is 41.9 Å². The van der Waals surface area contributed by atoms with Gasteiger partial charge in [-0.05, 0) is 43.2 Å². The second kappa shape index (κ2) is 6.28. The van der Waals surface area contributed by atoms with Gasteiger partial charge in [0.1, 0.15) is 5.56 Å². The molecule has 0 saturated carbocycles. The lowest BCUT2D eigenvalue weighted by Gasteiger charge is -2.36. The van der Waals surface area contributed by atoms with Crippen molar-refractivity contribution in [3.63, 3.8) is 0 Å². The first-order valence-electron chi connectivity index (χ1n) is 7.85. The van der Waals surface area contributed by atoms with Crippen LogP contribution in [0, 0.1) is 13.8 Å². The van der Waals surface area contributed by atoms with Crippen LogP contribution in [0.2, 0.25) is 0 Å². The maximum Gasteiger partial charge on any atom is 0.260 e. The third-order valence-electron chi connectivity index (χ3n) is 4.32. The summed E-state index contributed by atoms with van der Waals surface area (Å²) < 4.78 is 0. The average molecular weight is 311 g/mol. The SMILES string of the molecule is Cc1ccc(C)c(N2CCN(C(=O)c3ccc[nH]c3=O)CC2)c1. The summed E-state index contributed by atoms with van der Waals surface area (Å²) in [4.78, 5) is 30.8. The minimum absolute atomic E-state index is 0.188. The molecule has 5 nitrogen and oxygen atoms in total. The number of piperazine rings is 1. The Kier molecular flexibility index (Phi) is 4.19. The van der Waals surface area contributed by atoms with Crippen molar-refractivity contribution < 1.29 is 4.79 Å². The lowest BCUT2D eigenvalue weighted by atomic mass is 10.1. The Morgan fingerprint density at radius 1 is 1.09 bits per heavy atom. The van der Waals surface area contributed by atoms with Crippen LogP contribution in [0.4, 0.5) is 5.69 Å². The minimum atomic E-state index is -0.325. The first-order valence-corrected chi connectivity index (χ1v) is 7.85. The predicted octanol–water partition coefficient (Wildman–Crippen LogP) is 1.95. The Balaban J connectivity index is 1.71. The summed E-state index contributed by atoms with van der Waals surface area (Å²) in [7, 11) is 0. The normalized spacial score (nSPS) is 14.9. The van der Waals surface area contributed by atoms with Crippen molar-refractivity contribution in [2.75, 3.05) is 31.1 Å². The van der Waals surface area contributed by atoms with Gasteiger partial charge in [-0.2, -0.15) is 0 Å². The van der Waals surface area contributed by atoms with Crippen LogP contribution in [0.5, 0.6) is 0 Å². The van der Waals surface area contributed by atoms with Crippen LogP contribution in [0.25, 0.3) is 0 Å². The van der Waals surface area contributed by atoms with Gasteiger partial charge in [0.2, 0.25) is 0 Å². The molecule has 1 aromatic heterocycles. The van der Waals surface area contributed by atoms with Gasteiger partial charge in [-0.3, -0.25) is 9.59 Å². The number of nitrogens with zero attached hydrogens (tertiary/aromatic N) is 2. The Labute approximate surface area is 135 Å². The maximum atomic E-state index is 12.5. The molecule has 1 aromatic carbocycles. The number of anilines is 1. The second-order valence-electron chi connectivity index (χ2n) is 5.98. The number of carbonyl (C=O) groups excluding carboxylic acids is 1. The van der Waals surface area contributed by atoms with E-state index >= 15 is 0 Å². The molecule has 0 atom stereocenters. The molecule has 1 aliphatic heterocycles. The fourth-order valence-electron chi connectivity index (χ4n) is 2.97. The molecule has 120 valence electrons. The third-order valence-corrected chi connectivity index (χ3v) is 4.32. The first-order chi connectivity index (χ1) is 11.1. The highest BCUT2D eigenvalue weighted by Crippen LogP contribution is 2.23. The van der Waals surface area contributed by atoms with Crippen molar-refractivity contribution in [3.05, 3.63) is 63.6 Å². The van der Waals surface area contributed by atoms with Gasteiger partial charge in [0.25, 0.3) is 11.5 Å². The highest BCUT2D eigenvalue weighted by Gasteiger charge is 2.24. The van der Waals surface area contributed by atoms with E-state index in [1.165, 1.54) is 23.0 Å². The molecule has 0 aliphatic carbocycles. The predicted molar refractivity (Wildman–Crippen MR) is 91.1 cm³/mol. The van der Waals surface area contributed by atoms with Crippen molar-refractivity contribution in [2.24, 2.45) is 0 Å². The largest absolute Gasteiger partial charge is 0.368 e. The van der Waals surface area contributed by atoms with E-state index in [0.717, 1.165) is 13.1 Å². The molecule has 0 unspecified atom stereocenters. The molecule has 1 fully saturated rings. The summed E-state index contributed by atoms with van der Waals surface area (Å²) in [5.74, 6) is -0.188. The zero-order valence-corrected chi connectivity index (χ0v) is 13.5. The minimum Gasteiger partial charge on any atom is -0.368 e. The molecule has 0 radical (unpaired) electrons. The molecule has 1 N–H and O–H groups in total. The van der Waals surface area contributed by atoms with Gasteiger partial charge in [0.15, 0.2) is 0 Å². The summed E-state index contributed by atoms with van der Waals surface area (Å²) in [6, 6.07) is 9.69. The van der Waals surface area contributed by atoms with Crippen LogP contribution in [0.3, 0.4) is 0 Å². The summed E-state index contributed by atoms with van der Waals surface area (Å²) >= 11 is 0. The number of benzene rings is 1. The highest BCUT2D eigenvalue weighted by molar-refractivity contribution is 5.94. The van der Waals surface area contributed by atoms with E-state index in [0.29, 0.717) is 13.1 Å². The lowest BCUT2D eigenvalue weighted by molar-refractivity contribution is 0.0745. The van der Waals surface area contributed by atoms with Crippen LogP contribution in [-0.4, -0.2) is 42.0 Å². The Morgan fingerprint density at radius 3 is 2.52 bits per heavy atom. The molecule has 0 bridgehead atoms. The van der Waals surface area contributed by atoms with Crippen molar-refractivity contribution in [1.29, 1.82) is 0 Å². The van der Waals surface area contributed by atoms with Crippen molar-refractivity contribution in [3.8, 4) is 0 Å². The fourth-order valence-corrected chi connectivity index (χ4v) is 2.97. The number of carbonyl (C=O) groups is 1. The number of aromatic nitrogens is 1. The van der Waals surface area contributed by atoms with E-state index in [4.69, 9.17) is 0 Å². The van der Waals surface area contributed by atoms with Gasteiger partial charge in [0.05, 0.1) is 0 Å². The molecule has 1 aliphatic rings. The number of aryl methyl sites for hydroxylation is 2. The van der Waals surface area contributed by atoms with E-state index in [-0.39, 0.29) is 17.0 Å². The van der Waals surface area contributed by atoms with E-state index in [1.807, 2.05) is 0 Å².